The van der Waals surface area contributed by atoms with Crippen LogP contribution in [-0.4, -0.2) is 49.6 Å². The maximum Gasteiger partial charge on any atom is 0.244 e. The number of morpholine rings is 1. The predicted molar refractivity (Wildman–Crippen MR) is 119 cm³/mol. The van der Waals surface area contributed by atoms with Crippen LogP contribution in [0.2, 0.25) is 0 Å². The lowest BCUT2D eigenvalue weighted by molar-refractivity contribution is -0.117. The van der Waals surface area contributed by atoms with Gasteiger partial charge in [-0.3, -0.25) is 14.5 Å². The van der Waals surface area contributed by atoms with Gasteiger partial charge in [-0.25, -0.2) is 4.39 Å². The molecule has 1 aliphatic rings. The number of nitrogens with zero attached hydrogens (tertiary/aromatic N) is 1. The average Bonchev–Trinajstić information content (AvgIpc) is 2.78. The van der Waals surface area contributed by atoms with E-state index in [0.717, 1.165) is 29.8 Å². The minimum Gasteiger partial charge on any atom is -0.379 e. The fraction of sp³-hybridized carbons (Fsp3) is 0.333. The van der Waals surface area contributed by atoms with Crippen LogP contribution in [0.15, 0.2) is 54.6 Å². The molecule has 0 aromatic heterocycles. The summed E-state index contributed by atoms with van der Waals surface area (Å²) < 4.78 is 18.3. The Balaban J connectivity index is 1.47. The maximum atomic E-state index is 13.0. The molecule has 1 saturated heterocycles. The molecule has 0 bridgehead atoms. The van der Waals surface area contributed by atoms with Crippen LogP contribution < -0.4 is 10.6 Å². The number of rotatable bonds is 8. The Hall–Kier alpha value is -3.03. The van der Waals surface area contributed by atoms with Gasteiger partial charge in [0, 0.05) is 44.4 Å². The van der Waals surface area contributed by atoms with E-state index in [0.29, 0.717) is 38.4 Å². The Kier molecular flexibility index (Phi) is 8.32. The van der Waals surface area contributed by atoms with Gasteiger partial charge in [0.2, 0.25) is 11.8 Å². The highest BCUT2D eigenvalue weighted by Gasteiger charge is 2.12. The van der Waals surface area contributed by atoms with Crippen LogP contribution in [0.1, 0.15) is 24.5 Å². The van der Waals surface area contributed by atoms with Gasteiger partial charge in [0.15, 0.2) is 0 Å². The molecule has 1 fully saturated rings. The van der Waals surface area contributed by atoms with Crippen molar-refractivity contribution in [2.45, 2.75) is 19.9 Å². The molecule has 3 rings (SSSR count). The first-order valence-electron chi connectivity index (χ1n) is 10.4. The van der Waals surface area contributed by atoms with Crippen LogP contribution >= 0.6 is 0 Å². The highest BCUT2D eigenvalue weighted by Crippen LogP contribution is 2.14. The first kappa shape index (κ1) is 22.7. The molecule has 7 heteroatoms. The molecule has 1 aliphatic heterocycles. The first-order chi connectivity index (χ1) is 15.0. The fourth-order valence-corrected chi connectivity index (χ4v) is 3.30. The zero-order valence-electron chi connectivity index (χ0n) is 17.7. The molecule has 164 valence electrons. The van der Waals surface area contributed by atoms with Gasteiger partial charge in [-0.15, -0.1) is 0 Å². The predicted octanol–water partition coefficient (Wildman–Crippen LogP) is 3.21. The highest BCUT2D eigenvalue weighted by atomic mass is 19.1. The first-order valence-corrected chi connectivity index (χ1v) is 10.4. The third-order valence-corrected chi connectivity index (χ3v) is 5.08. The molecular weight excluding hydrogens is 397 g/mol. The van der Waals surface area contributed by atoms with E-state index in [1.165, 1.54) is 18.2 Å². The molecule has 2 aromatic carbocycles. The zero-order valence-corrected chi connectivity index (χ0v) is 17.7. The van der Waals surface area contributed by atoms with Crippen LogP contribution in [0, 0.1) is 5.82 Å². The minimum absolute atomic E-state index is 0.0365. The van der Waals surface area contributed by atoms with Gasteiger partial charge in [-0.2, -0.15) is 0 Å². The zero-order chi connectivity index (χ0) is 22.1. The summed E-state index contributed by atoms with van der Waals surface area (Å²) in [5.74, 6) is -0.582. The molecular formula is C24H28FN3O3. The van der Waals surface area contributed by atoms with E-state index >= 15 is 0 Å². The summed E-state index contributed by atoms with van der Waals surface area (Å²) in [6.45, 7) is 6.01. The van der Waals surface area contributed by atoms with E-state index in [9.17, 15) is 14.0 Å². The smallest absolute Gasteiger partial charge is 0.244 e. The average molecular weight is 426 g/mol. The number of benzene rings is 2. The van der Waals surface area contributed by atoms with Crippen molar-refractivity contribution < 1.29 is 18.7 Å². The lowest BCUT2D eigenvalue weighted by atomic mass is 10.1. The Bertz CT molecular complexity index is 922. The number of carbonyl (C=O) groups excluding carboxylic acids is 2. The molecule has 31 heavy (non-hydrogen) atoms. The summed E-state index contributed by atoms with van der Waals surface area (Å²) in [6, 6.07) is 13.4. The summed E-state index contributed by atoms with van der Waals surface area (Å²) in [5.41, 5.74) is 3.13. The van der Waals surface area contributed by atoms with Gasteiger partial charge in [-0.05, 0) is 47.9 Å². The number of nitrogens with one attached hydrogen (secondary N) is 2. The van der Waals surface area contributed by atoms with Crippen LogP contribution in [-0.2, 0) is 20.9 Å². The highest BCUT2D eigenvalue weighted by molar-refractivity contribution is 5.94. The summed E-state index contributed by atoms with van der Waals surface area (Å²) >= 11 is 0. The number of hydrogen-bond acceptors (Lipinski definition) is 4. The Morgan fingerprint density at radius 2 is 1.87 bits per heavy atom. The van der Waals surface area contributed by atoms with E-state index in [1.54, 1.807) is 19.1 Å². The number of allylic oxidation sites excluding steroid dienone is 1. The van der Waals surface area contributed by atoms with Crippen molar-refractivity contribution in [3.63, 3.8) is 0 Å². The van der Waals surface area contributed by atoms with E-state index in [2.05, 4.69) is 15.5 Å². The molecule has 6 nitrogen and oxygen atoms in total. The standard InChI is InChI=1S/C24H28FN3O3/c1-18(20-5-7-21(25)8-6-20)15-24(30)26-17-19-3-2-4-22(16-19)27-23(29)9-10-28-11-13-31-14-12-28/h2-8,15-16H,9-14,17H2,1H3,(H,26,30)(H,27,29)/b18-15+. The lowest BCUT2D eigenvalue weighted by Crippen LogP contribution is -2.38. The number of amides is 2. The van der Waals surface area contributed by atoms with E-state index in [-0.39, 0.29) is 17.6 Å². The second kappa shape index (κ2) is 11.4. The number of ether oxygens (including phenoxy) is 1. The van der Waals surface area contributed by atoms with Crippen molar-refractivity contribution in [2.75, 3.05) is 38.2 Å². The Labute approximate surface area is 182 Å². The molecule has 0 unspecified atom stereocenters. The number of hydrogen-bond donors (Lipinski definition) is 2. The van der Waals surface area contributed by atoms with Crippen LogP contribution in [0.4, 0.5) is 10.1 Å². The van der Waals surface area contributed by atoms with Crippen molar-refractivity contribution in [1.29, 1.82) is 0 Å². The normalized spacial score (nSPS) is 14.8. The summed E-state index contributed by atoms with van der Waals surface area (Å²) in [6.07, 6.45) is 1.92. The molecule has 1 heterocycles. The molecule has 0 saturated carbocycles. The largest absolute Gasteiger partial charge is 0.379 e. The van der Waals surface area contributed by atoms with E-state index in [4.69, 9.17) is 4.74 Å². The van der Waals surface area contributed by atoms with Gasteiger partial charge in [0.1, 0.15) is 5.82 Å². The van der Waals surface area contributed by atoms with Gasteiger partial charge >= 0.3 is 0 Å². The van der Waals surface area contributed by atoms with Crippen LogP contribution in [0.3, 0.4) is 0 Å². The lowest BCUT2D eigenvalue weighted by Gasteiger charge is -2.26. The van der Waals surface area contributed by atoms with Crippen molar-refractivity contribution in [3.05, 3.63) is 71.6 Å². The van der Waals surface area contributed by atoms with Crippen molar-refractivity contribution in [1.82, 2.24) is 10.2 Å². The molecule has 0 radical (unpaired) electrons. The summed E-state index contributed by atoms with van der Waals surface area (Å²) in [5, 5.41) is 5.75. The topological polar surface area (TPSA) is 70.7 Å². The van der Waals surface area contributed by atoms with E-state index < -0.39 is 0 Å². The van der Waals surface area contributed by atoms with Crippen LogP contribution in [0.5, 0.6) is 0 Å². The van der Waals surface area contributed by atoms with Gasteiger partial charge < -0.3 is 15.4 Å². The fourth-order valence-electron chi connectivity index (χ4n) is 3.30. The third-order valence-electron chi connectivity index (χ3n) is 5.08. The Morgan fingerprint density at radius 3 is 2.61 bits per heavy atom. The molecule has 2 amide bonds. The van der Waals surface area contributed by atoms with Gasteiger partial charge in [0.05, 0.1) is 13.2 Å². The number of anilines is 1. The van der Waals surface area contributed by atoms with Gasteiger partial charge in [-0.1, -0.05) is 24.3 Å². The van der Waals surface area contributed by atoms with Crippen molar-refractivity contribution in [3.8, 4) is 0 Å². The molecule has 2 N–H and O–H groups in total. The number of carbonyl (C=O) groups is 2. The molecule has 0 aliphatic carbocycles. The van der Waals surface area contributed by atoms with Crippen molar-refractivity contribution in [2.24, 2.45) is 0 Å². The number of halogens is 1. The third kappa shape index (κ3) is 7.62. The SMILES string of the molecule is C/C(=C\C(=O)NCc1cccc(NC(=O)CCN2CCOCC2)c1)c1ccc(F)cc1. The molecule has 0 atom stereocenters. The minimum atomic E-state index is -0.311. The van der Waals surface area contributed by atoms with Crippen LogP contribution in [0.25, 0.3) is 5.57 Å². The summed E-state index contributed by atoms with van der Waals surface area (Å²) in [4.78, 5) is 26.7. The quantitative estimate of drug-likeness (QED) is 0.638. The van der Waals surface area contributed by atoms with Crippen molar-refractivity contribution >= 4 is 23.1 Å². The molecule has 2 aromatic rings. The molecule has 0 spiro atoms. The maximum absolute atomic E-state index is 13.0. The summed E-state index contributed by atoms with van der Waals surface area (Å²) in [7, 11) is 0. The van der Waals surface area contributed by atoms with Gasteiger partial charge in [0.25, 0.3) is 0 Å². The Morgan fingerprint density at radius 1 is 1.13 bits per heavy atom. The monoisotopic (exact) mass is 425 g/mol. The second-order valence-electron chi connectivity index (χ2n) is 7.50. The second-order valence-corrected chi connectivity index (χ2v) is 7.50. The van der Waals surface area contributed by atoms with E-state index in [1.807, 2.05) is 24.3 Å².